The number of nitrogens with one attached hydrogen (secondary N) is 1. The highest BCUT2D eigenvalue weighted by Crippen LogP contribution is 2.23. The third-order valence-electron chi connectivity index (χ3n) is 2.54. The SMILES string of the molecule is CC(C)COCCC(C)(C#N)NC1CC1. The van der Waals surface area contributed by atoms with Gasteiger partial charge in [0, 0.05) is 25.7 Å². The number of ether oxygens (including phenoxy) is 1. The minimum absolute atomic E-state index is 0.405. The molecule has 1 aliphatic rings. The molecule has 1 fully saturated rings. The Kier molecular flexibility index (Phi) is 4.56. The van der Waals surface area contributed by atoms with Gasteiger partial charge in [0.05, 0.1) is 6.07 Å². The maximum atomic E-state index is 9.10. The monoisotopic (exact) mass is 210 g/mol. The van der Waals surface area contributed by atoms with Gasteiger partial charge in [0.1, 0.15) is 5.54 Å². The fourth-order valence-corrected chi connectivity index (χ4v) is 1.43. The van der Waals surface area contributed by atoms with E-state index in [4.69, 9.17) is 10.00 Å². The van der Waals surface area contributed by atoms with E-state index in [2.05, 4.69) is 25.2 Å². The highest BCUT2D eigenvalue weighted by molar-refractivity contribution is 5.06. The van der Waals surface area contributed by atoms with Crippen LogP contribution in [0.3, 0.4) is 0 Å². The summed E-state index contributed by atoms with van der Waals surface area (Å²) in [7, 11) is 0. The molecule has 0 bridgehead atoms. The zero-order chi connectivity index (χ0) is 11.3. The molecule has 1 atom stereocenters. The lowest BCUT2D eigenvalue weighted by molar-refractivity contribution is 0.0963. The van der Waals surface area contributed by atoms with E-state index in [9.17, 15) is 0 Å². The normalized spacial score (nSPS) is 19.9. The van der Waals surface area contributed by atoms with Gasteiger partial charge < -0.3 is 4.74 Å². The predicted molar refractivity (Wildman–Crippen MR) is 60.4 cm³/mol. The first-order chi connectivity index (χ1) is 7.06. The molecule has 3 nitrogen and oxygen atoms in total. The van der Waals surface area contributed by atoms with Gasteiger partial charge in [-0.05, 0) is 25.7 Å². The Labute approximate surface area is 92.8 Å². The van der Waals surface area contributed by atoms with Crippen LogP contribution in [0.5, 0.6) is 0 Å². The van der Waals surface area contributed by atoms with Crippen molar-refractivity contribution in [3.63, 3.8) is 0 Å². The van der Waals surface area contributed by atoms with Gasteiger partial charge in [-0.1, -0.05) is 13.8 Å². The van der Waals surface area contributed by atoms with Crippen LogP contribution in [-0.4, -0.2) is 24.8 Å². The quantitative estimate of drug-likeness (QED) is 0.654. The lowest BCUT2D eigenvalue weighted by Crippen LogP contribution is -2.43. The van der Waals surface area contributed by atoms with Gasteiger partial charge in [-0.25, -0.2) is 0 Å². The summed E-state index contributed by atoms with van der Waals surface area (Å²) in [6, 6.07) is 2.92. The lowest BCUT2D eigenvalue weighted by atomic mass is 10.0. The molecule has 1 N–H and O–H groups in total. The molecular formula is C12H22N2O. The fourth-order valence-electron chi connectivity index (χ4n) is 1.43. The molecule has 1 unspecified atom stereocenters. The Morgan fingerprint density at radius 2 is 2.20 bits per heavy atom. The summed E-state index contributed by atoms with van der Waals surface area (Å²) in [6.07, 6.45) is 3.20. The zero-order valence-corrected chi connectivity index (χ0v) is 10.0. The van der Waals surface area contributed by atoms with Crippen LogP contribution in [0.15, 0.2) is 0 Å². The minimum atomic E-state index is -0.405. The van der Waals surface area contributed by atoms with E-state index in [1.165, 1.54) is 12.8 Å². The van der Waals surface area contributed by atoms with Crippen molar-refractivity contribution in [2.24, 2.45) is 5.92 Å². The molecule has 0 heterocycles. The van der Waals surface area contributed by atoms with E-state index in [1.54, 1.807) is 0 Å². The van der Waals surface area contributed by atoms with Crippen LogP contribution in [0.25, 0.3) is 0 Å². The number of nitriles is 1. The standard InChI is InChI=1S/C12H22N2O/c1-10(2)8-15-7-6-12(3,9-13)14-11-4-5-11/h10-11,14H,4-8H2,1-3H3. The summed E-state index contributed by atoms with van der Waals surface area (Å²) < 4.78 is 5.50. The Bertz CT molecular complexity index is 230. The van der Waals surface area contributed by atoms with Crippen LogP contribution >= 0.6 is 0 Å². The van der Waals surface area contributed by atoms with Crippen LogP contribution in [0.2, 0.25) is 0 Å². The summed E-state index contributed by atoms with van der Waals surface area (Å²) in [5, 5.41) is 12.5. The van der Waals surface area contributed by atoms with Crippen molar-refractivity contribution in [2.45, 2.75) is 51.6 Å². The van der Waals surface area contributed by atoms with Crippen molar-refractivity contribution >= 4 is 0 Å². The first-order valence-electron chi connectivity index (χ1n) is 5.82. The van der Waals surface area contributed by atoms with Gasteiger partial charge in [0.25, 0.3) is 0 Å². The van der Waals surface area contributed by atoms with E-state index in [0.717, 1.165) is 13.0 Å². The molecule has 1 aliphatic carbocycles. The topological polar surface area (TPSA) is 45.0 Å². The van der Waals surface area contributed by atoms with Gasteiger partial charge in [-0.3, -0.25) is 5.32 Å². The van der Waals surface area contributed by atoms with Gasteiger partial charge in [-0.2, -0.15) is 5.26 Å². The van der Waals surface area contributed by atoms with Crippen LogP contribution in [0, 0.1) is 17.2 Å². The van der Waals surface area contributed by atoms with Crippen LogP contribution in [0.4, 0.5) is 0 Å². The molecule has 86 valence electrons. The van der Waals surface area contributed by atoms with Crippen LogP contribution in [-0.2, 0) is 4.74 Å². The summed E-state index contributed by atoms with van der Waals surface area (Å²) in [5.41, 5.74) is -0.405. The molecule has 0 spiro atoms. The van der Waals surface area contributed by atoms with Crippen molar-refractivity contribution in [1.29, 1.82) is 5.26 Å². The van der Waals surface area contributed by atoms with Crippen molar-refractivity contribution < 1.29 is 4.74 Å². The molecule has 0 aromatic heterocycles. The number of hydrogen-bond acceptors (Lipinski definition) is 3. The Morgan fingerprint density at radius 3 is 2.67 bits per heavy atom. The highest BCUT2D eigenvalue weighted by atomic mass is 16.5. The molecule has 0 aromatic carbocycles. The summed E-state index contributed by atoms with van der Waals surface area (Å²) in [5.74, 6) is 0.565. The molecule has 0 amide bonds. The van der Waals surface area contributed by atoms with E-state index in [-0.39, 0.29) is 0 Å². The van der Waals surface area contributed by atoms with Crippen molar-refractivity contribution in [3.05, 3.63) is 0 Å². The summed E-state index contributed by atoms with van der Waals surface area (Å²) in [4.78, 5) is 0. The summed E-state index contributed by atoms with van der Waals surface area (Å²) in [6.45, 7) is 7.68. The van der Waals surface area contributed by atoms with Crippen LogP contribution in [0.1, 0.15) is 40.0 Å². The second-order valence-electron chi connectivity index (χ2n) is 5.08. The van der Waals surface area contributed by atoms with E-state index < -0.39 is 5.54 Å². The van der Waals surface area contributed by atoms with Gasteiger partial charge in [0.15, 0.2) is 0 Å². The van der Waals surface area contributed by atoms with Gasteiger partial charge >= 0.3 is 0 Å². The number of rotatable bonds is 7. The van der Waals surface area contributed by atoms with Gasteiger partial charge in [0.2, 0.25) is 0 Å². The van der Waals surface area contributed by atoms with Crippen molar-refractivity contribution in [2.75, 3.05) is 13.2 Å². The zero-order valence-electron chi connectivity index (χ0n) is 10.0. The average molecular weight is 210 g/mol. The second-order valence-corrected chi connectivity index (χ2v) is 5.08. The number of nitrogens with zero attached hydrogens (tertiary/aromatic N) is 1. The third-order valence-corrected chi connectivity index (χ3v) is 2.54. The van der Waals surface area contributed by atoms with E-state index >= 15 is 0 Å². The first kappa shape index (κ1) is 12.5. The molecule has 0 radical (unpaired) electrons. The Balaban J connectivity index is 2.17. The fraction of sp³-hybridized carbons (Fsp3) is 0.917. The lowest BCUT2D eigenvalue weighted by Gasteiger charge is -2.23. The molecule has 1 saturated carbocycles. The highest BCUT2D eigenvalue weighted by Gasteiger charge is 2.32. The second kappa shape index (κ2) is 5.48. The molecule has 1 rings (SSSR count). The molecular weight excluding hydrogens is 188 g/mol. The predicted octanol–water partition coefficient (Wildman–Crippen LogP) is 2.08. The summed E-state index contributed by atoms with van der Waals surface area (Å²) >= 11 is 0. The molecule has 0 aliphatic heterocycles. The Hall–Kier alpha value is -0.590. The Morgan fingerprint density at radius 1 is 1.53 bits per heavy atom. The first-order valence-corrected chi connectivity index (χ1v) is 5.82. The maximum absolute atomic E-state index is 9.10. The molecule has 0 aromatic rings. The smallest absolute Gasteiger partial charge is 0.106 e. The van der Waals surface area contributed by atoms with Crippen molar-refractivity contribution in [3.8, 4) is 6.07 Å². The third kappa shape index (κ3) is 5.15. The molecule has 3 heteroatoms. The molecule has 15 heavy (non-hydrogen) atoms. The van der Waals surface area contributed by atoms with Gasteiger partial charge in [-0.15, -0.1) is 0 Å². The van der Waals surface area contributed by atoms with E-state index in [1.807, 2.05) is 6.92 Å². The number of hydrogen-bond donors (Lipinski definition) is 1. The largest absolute Gasteiger partial charge is 0.381 e. The maximum Gasteiger partial charge on any atom is 0.106 e. The van der Waals surface area contributed by atoms with Crippen LogP contribution < -0.4 is 5.32 Å². The van der Waals surface area contributed by atoms with E-state index in [0.29, 0.717) is 18.6 Å². The minimum Gasteiger partial charge on any atom is -0.381 e. The van der Waals surface area contributed by atoms with Crippen molar-refractivity contribution in [1.82, 2.24) is 5.32 Å². The average Bonchev–Trinajstić information content (AvgIpc) is 2.96. The molecule has 0 saturated heterocycles.